The van der Waals surface area contributed by atoms with Crippen molar-refractivity contribution < 1.29 is 19.0 Å². The molecule has 0 spiro atoms. The van der Waals surface area contributed by atoms with Gasteiger partial charge in [-0.15, -0.1) is 10.2 Å². The van der Waals surface area contributed by atoms with E-state index in [1.54, 1.807) is 6.20 Å². The minimum absolute atomic E-state index is 0.0919. The largest absolute Gasteiger partial charge is 0.474 e. The standard InChI is InChI=1S/C23H31N7O3.CH3NO/c1-23(2,3)33-17-6-4-16(5-7-17)32-22-18-12-15(21-26-28-29-27-21)14-24-19(18)13-20(25-22)30-8-10-31-11-9-30;2-1-3/h12-14,16-17H,4-11H2,1-3H3,(H,26,27,28,29);1H,(H2,2,3). The molecule has 1 aliphatic carbocycles. The van der Waals surface area contributed by atoms with Crippen LogP contribution in [0.1, 0.15) is 46.5 Å². The first-order valence-corrected chi connectivity index (χ1v) is 12.2. The number of morpholine rings is 1. The summed E-state index contributed by atoms with van der Waals surface area (Å²) < 4.78 is 18.2. The number of H-pyrrole nitrogens is 1. The van der Waals surface area contributed by atoms with Crippen molar-refractivity contribution in [3.05, 3.63) is 18.3 Å². The number of aromatic nitrogens is 6. The number of hydrogen-bond donors (Lipinski definition) is 2. The predicted molar refractivity (Wildman–Crippen MR) is 134 cm³/mol. The van der Waals surface area contributed by atoms with Crippen LogP contribution < -0.4 is 15.4 Å². The van der Waals surface area contributed by atoms with Crippen molar-refractivity contribution in [2.75, 3.05) is 31.2 Å². The molecule has 0 aromatic carbocycles. The second kappa shape index (κ2) is 11.6. The monoisotopic (exact) mass is 498 g/mol. The lowest BCUT2D eigenvalue weighted by Crippen LogP contribution is -2.37. The van der Waals surface area contributed by atoms with Gasteiger partial charge >= 0.3 is 0 Å². The van der Waals surface area contributed by atoms with Crippen LogP contribution in [0.5, 0.6) is 5.88 Å². The predicted octanol–water partition coefficient (Wildman–Crippen LogP) is 2.25. The van der Waals surface area contributed by atoms with Crippen molar-refractivity contribution in [3.8, 4) is 17.3 Å². The van der Waals surface area contributed by atoms with Gasteiger partial charge in [0.15, 0.2) is 0 Å². The number of ether oxygens (including phenoxy) is 3. The fraction of sp³-hybridized carbons (Fsp3) is 0.583. The maximum absolute atomic E-state index is 8.58. The second-order valence-electron chi connectivity index (χ2n) is 9.79. The molecule has 194 valence electrons. The average Bonchev–Trinajstić information content (AvgIpc) is 3.40. The number of carbonyl (C=O) groups is 1. The third-order valence-corrected chi connectivity index (χ3v) is 5.99. The highest BCUT2D eigenvalue weighted by molar-refractivity contribution is 5.88. The maximum atomic E-state index is 8.58. The van der Waals surface area contributed by atoms with Crippen LogP contribution in [-0.2, 0) is 14.3 Å². The summed E-state index contributed by atoms with van der Waals surface area (Å²) in [5.41, 5.74) is 5.64. The Morgan fingerprint density at radius 3 is 2.47 bits per heavy atom. The Morgan fingerprint density at radius 2 is 1.83 bits per heavy atom. The van der Waals surface area contributed by atoms with Crippen molar-refractivity contribution in [1.82, 2.24) is 30.6 Å². The van der Waals surface area contributed by atoms with Gasteiger partial charge in [-0.3, -0.25) is 9.78 Å². The molecule has 2 aliphatic rings. The van der Waals surface area contributed by atoms with Gasteiger partial charge in [0.05, 0.1) is 35.8 Å². The number of nitrogens with zero attached hydrogens (tertiary/aromatic N) is 6. The van der Waals surface area contributed by atoms with Crippen molar-refractivity contribution in [1.29, 1.82) is 0 Å². The number of tetrazole rings is 1. The molecule has 1 saturated heterocycles. The lowest BCUT2D eigenvalue weighted by atomic mass is 9.94. The van der Waals surface area contributed by atoms with Gasteiger partial charge in [0, 0.05) is 30.9 Å². The summed E-state index contributed by atoms with van der Waals surface area (Å²) >= 11 is 0. The average molecular weight is 499 g/mol. The summed E-state index contributed by atoms with van der Waals surface area (Å²) in [6.07, 6.45) is 6.21. The molecule has 5 rings (SSSR count). The van der Waals surface area contributed by atoms with Crippen LogP contribution in [0.2, 0.25) is 0 Å². The molecule has 2 fully saturated rings. The minimum atomic E-state index is -0.125. The first kappa shape index (κ1) is 25.7. The molecule has 12 heteroatoms. The van der Waals surface area contributed by atoms with E-state index in [0.717, 1.165) is 61.1 Å². The number of rotatable bonds is 5. The molecule has 3 aromatic heterocycles. The van der Waals surface area contributed by atoms with E-state index in [2.05, 4.69) is 57.0 Å². The lowest BCUT2D eigenvalue weighted by molar-refractivity contribution is -0.106. The van der Waals surface area contributed by atoms with Gasteiger partial charge < -0.3 is 24.8 Å². The minimum Gasteiger partial charge on any atom is -0.474 e. The molecule has 1 aliphatic heterocycles. The van der Waals surface area contributed by atoms with Crippen LogP contribution in [0.4, 0.5) is 5.82 Å². The van der Waals surface area contributed by atoms with Crippen LogP contribution in [0.15, 0.2) is 18.3 Å². The second-order valence-corrected chi connectivity index (χ2v) is 9.79. The van der Waals surface area contributed by atoms with Gasteiger partial charge in [0.2, 0.25) is 18.1 Å². The topological polar surface area (TPSA) is 154 Å². The number of nitrogens with two attached hydrogens (primary N) is 1. The SMILES string of the molecule is CC(C)(C)OC1CCC(Oc2nc(N3CCOCC3)cc3ncc(-c4nn[nH]n4)cc23)CC1.NC=O. The molecule has 3 N–H and O–H groups in total. The van der Waals surface area contributed by atoms with Gasteiger partial charge in [-0.1, -0.05) is 0 Å². The van der Waals surface area contributed by atoms with Gasteiger partial charge in [-0.25, -0.2) is 0 Å². The molecule has 0 unspecified atom stereocenters. The molecule has 0 bridgehead atoms. The fourth-order valence-corrected chi connectivity index (χ4v) is 4.46. The van der Waals surface area contributed by atoms with Crippen molar-refractivity contribution in [2.24, 2.45) is 5.73 Å². The molecule has 4 heterocycles. The molecule has 1 saturated carbocycles. The van der Waals surface area contributed by atoms with Gasteiger partial charge in [0.1, 0.15) is 11.9 Å². The summed E-state index contributed by atoms with van der Waals surface area (Å²) in [6.45, 7) is 9.31. The summed E-state index contributed by atoms with van der Waals surface area (Å²) in [5, 5.41) is 15.2. The molecule has 36 heavy (non-hydrogen) atoms. The third-order valence-electron chi connectivity index (χ3n) is 5.99. The van der Waals surface area contributed by atoms with Crippen molar-refractivity contribution in [2.45, 2.75) is 64.3 Å². The van der Waals surface area contributed by atoms with Gasteiger partial charge in [-0.2, -0.15) is 10.2 Å². The Morgan fingerprint density at radius 1 is 1.14 bits per heavy atom. The number of pyridine rings is 2. The summed E-state index contributed by atoms with van der Waals surface area (Å²) in [7, 11) is 0. The molecule has 1 amide bonds. The summed E-state index contributed by atoms with van der Waals surface area (Å²) in [4.78, 5) is 20.4. The first-order chi connectivity index (χ1) is 17.4. The highest BCUT2D eigenvalue weighted by atomic mass is 16.5. The van der Waals surface area contributed by atoms with Gasteiger partial charge in [0.25, 0.3) is 0 Å². The summed E-state index contributed by atoms with van der Waals surface area (Å²) in [6, 6.07) is 3.99. The van der Waals surface area contributed by atoms with E-state index < -0.39 is 0 Å². The molecule has 12 nitrogen and oxygen atoms in total. The van der Waals surface area contributed by atoms with Gasteiger partial charge in [-0.05, 0) is 57.7 Å². The maximum Gasteiger partial charge on any atom is 0.225 e. The van der Waals surface area contributed by atoms with Crippen LogP contribution in [0, 0.1) is 0 Å². The Labute approximate surface area is 209 Å². The molecule has 0 atom stereocenters. The summed E-state index contributed by atoms with van der Waals surface area (Å²) in [5.74, 6) is 1.96. The van der Waals surface area contributed by atoms with Crippen molar-refractivity contribution >= 4 is 23.1 Å². The third kappa shape index (κ3) is 6.64. The Bertz CT molecular complexity index is 1120. The van der Waals surface area contributed by atoms with E-state index >= 15 is 0 Å². The smallest absolute Gasteiger partial charge is 0.225 e. The number of aromatic amines is 1. The lowest BCUT2D eigenvalue weighted by Gasteiger charge is -2.33. The van der Waals surface area contributed by atoms with Crippen molar-refractivity contribution in [3.63, 3.8) is 0 Å². The number of nitrogens with one attached hydrogen (secondary N) is 1. The van der Waals surface area contributed by atoms with E-state index in [1.807, 2.05) is 12.1 Å². The van der Waals surface area contributed by atoms with Crippen LogP contribution in [0.3, 0.4) is 0 Å². The Kier molecular flexibility index (Phi) is 8.26. The molecular formula is C24H34N8O4. The quantitative estimate of drug-likeness (QED) is 0.500. The zero-order valence-corrected chi connectivity index (χ0v) is 21.0. The number of anilines is 1. The van der Waals surface area contributed by atoms with E-state index in [0.29, 0.717) is 24.9 Å². The number of fused-ring (bicyclic) bond motifs is 1. The van der Waals surface area contributed by atoms with E-state index in [-0.39, 0.29) is 24.2 Å². The normalized spacial score (nSPS) is 20.5. The van der Waals surface area contributed by atoms with E-state index in [9.17, 15) is 0 Å². The number of hydrogen-bond acceptors (Lipinski definition) is 10. The highest BCUT2D eigenvalue weighted by Gasteiger charge is 2.27. The number of amides is 1. The van der Waals surface area contributed by atoms with E-state index in [4.69, 9.17) is 24.0 Å². The zero-order chi connectivity index (χ0) is 25.5. The van der Waals surface area contributed by atoms with Crippen LogP contribution in [0.25, 0.3) is 22.3 Å². The molecule has 0 radical (unpaired) electrons. The highest BCUT2D eigenvalue weighted by Crippen LogP contribution is 2.33. The molecule has 3 aromatic rings. The molecular weight excluding hydrogens is 464 g/mol. The number of carbonyl (C=O) groups excluding carboxylic acids is 1. The van der Waals surface area contributed by atoms with E-state index in [1.165, 1.54) is 0 Å². The first-order valence-electron chi connectivity index (χ1n) is 12.2. The van der Waals surface area contributed by atoms with Crippen LogP contribution >= 0.6 is 0 Å². The van der Waals surface area contributed by atoms with Crippen LogP contribution in [-0.4, -0.2) is 81.1 Å². The number of primary amides is 1. The zero-order valence-electron chi connectivity index (χ0n) is 21.0. The Hall–Kier alpha value is -3.38. The fourth-order valence-electron chi connectivity index (χ4n) is 4.46. The Balaban J connectivity index is 0.000000967.